The number of ether oxygens (including phenoxy) is 2. The van der Waals surface area contributed by atoms with Crippen molar-refractivity contribution in [3.05, 3.63) is 22.8 Å². The smallest absolute Gasteiger partial charge is 0.185 e. The fraction of sp³-hybridized carbons (Fsp3) is 0.500. The maximum atomic E-state index is 12.3. The van der Waals surface area contributed by atoms with Crippen LogP contribution in [0.1, 0.15) is 35.3 Å². The first kappa shape index (κ1) is 14.5. The highest BCUT2D eigenvalue weighted by molar-refractivity contribution is 6.05. The second kappa shape index (κ2) is 4.98. The van der Waals surface area contributed by atoms with Crippen LogP contribution >= 0.6 is 0 Å². The van der Waals surface area contributed by atoms with Crippen molar-refractivity contribution in [3.8, 4) is 11.5 Å². The van der Waals surface area contributed by atoms with Crippen molar-refractivity contribution in [3.63, 3.8) is 0 Å². The van der Waals surface area contributed by atoms with Crippen molar-refractivity contribution in [2.75, 3.05) is 14.2 Å². The summed E-state index contributed by atoms with van der Waals surface area (Å²) in [6.45, 7) is 7.18. The maximum absolute atomic E-state index is 12.3. The number of hydrogen-bond acceptors (Lipinski definition) is 4. The Morgan fingerprint density at radius 2 is 1.72 bits per heavy atom. The number of Topliss-reactive ketones (excluding diaryl/α,β-unsaturated/α-hetero) is 1. The van der Waals surface area contributed by atoms with Crippen LogP contribution in [0.4, 0.5) is 0 Å². The van der Waals surface area contributed by atoms with Gasteiger partial charge in [0.05, 0.1) is 25.3 Å². The van der Waals surface area contributed by atoms with Crippen molar-refractivity contribution in [2.45, 2.75) is 33.2 Å². The van der Waals surface area contributed by atoms with Crippen molar-refractivity contribution in [2.24, 2.45) is 5.73 Å². The van der Waals surface area contributed by atoms with E-state index in [2.05, 4.69) is 0 Å². The Labute approximate surface area is 108 Å². The second-order valence-corrected chi connectivity index (χ2v) is 4.96. The van der Waals surface area contributed by atoms with E-state index in [0.717, 1.165) is 11.1 Å². The van der Waals surface area contributed by atoms with Crippen molar-refractivity contribution in [1.29, 1.82) is 0 Å². The number of hydrogen-bond donors (Lipinski definition) is 1. The van der Waals surface area contributed by atoms with Crippen LogP contribution in [-0.4, -0.2) is 25.5 Å². The third kappa shape index (κ3) is 2.48. The van der Waals surface area contributed by atoms with Crippen molar-refractivity contribution >= 4 is 5.78 Å². The molecule has 100 valence electrons. The Kier molecular flexibility index (Phi) is 4.02. The molecule has 0 saturated heterocycles. The molecule has 0 aliphatic rings. The predicted octanol–water partition coefficient (Wildman–Crippen LogP) is 2.24. The van der Waals surface area contributed by atoms with Gasteiger partial charge >= 0.3 is 0 Å². The van der Waals surface area contributed by atoms with Gasteiger partial charge in [-0.2, -0.15) is 0 Å². The number of rotatable bonds is 4. The monoisotopic (exact) mass is 251 g/mol. The van der Waals surface area contributed by atoms with E-state index in [9.17, 15) is 4.79 Å². The predicted molar refractivity (Wildman–Crippen MR) is 71.6 cm³/mol. The summed E-state index contributed by atoms with van der Waals surface area (Å²) in [5, 5.41) is 0. The zero-order valence-corrected chi connectivity index (χ0v) is 11.9. The van der Waals surface area contributed by atoms with Gasteiger partial charge in [0, 0.05) is 0 Å². The molecular formula is C14H21NO3. The number of benzene rings is 1. The standard InChI is InChI=1S/C14H21NO3/c1-8-9(2)12(18-6)10(7-11(8)17-5)13(16)14(3,4)15/h7H,15H2,1-6H3. The van der Waals surface area contributed by atoms with Gasteiger partial charge in [-0.3, -0.25) is 4.79 Å². The normalized spacial score (nSPS) is 11.3. The third-order valence-corrected chi connectivity index (χ3v) is 3.05. The lowest BCUT2D eigenvalue weighted by molar-refractivity contribution is 0.0910. The number of nitrogens with two attached hydrogens (primary N) is 1. The molecule has 0 bridgehead atoms. The van der Waals surface area contributed by atoms with Crippen molar-refractivity contribution < 1.29 is 14.3 Å². The zero-order chi connectivity index (χ0) is 14.1. The summed E-state index contributed by atoms with van der Waals surface area (Å²) < 4.78 is 10.6. The Hall–Kier alpha value is -1.55. The summed E-state index contributed by atoms with van der Waals surface area (Å²) in [6.07, 6.45) is 0. The van der Waals surface area contributed by atoms with Gasteiger partial charge in [-0.25, -0.2) is 0 Å². The van der Waals surface area contributed by atoms with Crippen LogP contribution in [0.25, 0.3) is 0 Å². The van der Waals surface area contributed by atoms with Gasteiger partial charge in [-0.05, 0) is 44.9 Å². The Balaban J connectivity index is 3.53. The molecule has 0 aromatic heterocycles. The Morgan fingerprint density at radius 3 is 2.11 bits per heavy atom. The first-order valence-electron chi connectivity index (χ1n) is 5.79. The van der Waals surface area contributed by atoms with Crippen LogP contribution in [0.15, 0.2) is 6.07 Å². The molecule has 0 atom stereocenters. The van der Waals surface area contributed by atoms with Crippen LogP contribution < -0.4 is 15.2 Å². The fourth-order valence-electron chi connectivity index (χ4n) is 1.85. The molecule has 2 N–H and O–H groups in total. The van der Waals surface area contributed by atoms with Gasteiger partial charge in [0.2, 0.25) is 0 Å². The summed E-state index contributed by atoms with van der Waals surface area (Å²) in [5.74, 6) is 1.07. The average molecular weight is 251 g/mol. The number of ketones is 1. The highest BCUT2D eigenvalue weighted by Crippen LogP contribution is 2.34. The van der Waals surface area contributed by atoms with E-state index in [-0.39, 0.29) is 5.78 Å². The fourth-order valence-corrected chi connectivity index (χ4v) is 1.85. The van der Waals surface area contributed by atoms with E-state index in [1.165, 1.54) is 0 Å². The van der Waals surface area contributed by atoms with Gasteiger partial charge in [0.15, 0.2) is 5.78 Å². The van der Waals surface area contributed by atoms with Gasteiger partial charge in [0.1, 0.15) is 11.5 Å². The minimum atomic E-state index is -0.944. The lowest BCUT2D eigenvalue weighted by atomic mass is 9.91. The van der Waals surface area contributed by atoms with E-state index in [1.807, 2.05) is 13.8 Å². The van der Waals surface area contributed by atoms with E-state index in [0.29, 0.717) is 17.1 Å². The molecule has 1 aromatic rings. The highest BCUT2D eigenvalue weighted by atomic mass is 16.5. The zero-order valence-electron chi connectivity index (χ0n) is 11.9. The summed E-state index contributed by atoms with van der Waals surface area (Å²) in [6, 6.07) is 1.69. The third-order valence-electron chi connectivity index (χ3n) is 3.05. The molecule has 0 fully saturated rings. The van der Waals surface area contributed by atoms with Crippen LogP contribution in [0, 0.1) is 13.8 Å². The van der Waals surface area contributed by atoms with Gasteiger partial charge in [0.25, 0.3) is 0 Å². The maximum Gasteiger partial charge on any atom is 0.185 e. The van der Waals surface area contributed by atoms with E-state index >= 15 is 0 Å². The molecular weight excluding hydrogens is 230 g/mol. The molecule has 4 nitrogen and oxygen atoms in total. The average Bonchev–Trinajstić information content (AvgIpc) is 2.30. The molecule has 18 heavy (non-hydrogen) atoms. The molecule has 0 aliphatic carbocycles. The SMILES string of the molecule is COc1cc(C(=O)C(C)(C)N)c(OC)c(C)c1C. The van der Waals surface area contributed by atoms with Crippen LogP contribution in [0.2, 0.25) is 0 Å². The summed E-state index contributed by atoms with van der Waals surface area (Å²) in [7, 11) is 3.13. The van der Waals surface area contributed by atoms with Crippen LogP contribution in [-0.2, 0) is 0 Å². The molecule has 0 saturated carbocycles. The minimum absolute atomic E-state index is 0.166. The molecule has 1 rings (SSSR count). The Bertz CT molecular complexity index is 473. The second-order valence-electron chi connectivity index (χ2n) is 4.96. The number of carbonyl (C=O) groups excluding carboxylic acids is 1. The minimum Gasteiger partial charge on any atom is -0.496 e. The molecule has 0 aliphatic heterocycles. The lowest BCUT2D eigenvalue weighted by Gasteiger charge is -2.21. The first-order chi connectivity index (χ1) is 8.23. The van der Waals surface area contributed by atoms with E-state index < -0.39 is 5.54 Å². The van der Waals surface area contributed by atoms with Gasteiger partial charge in [-0.15, -0.1) is 0 Å². The van der Waals surface area contributed by atoms with Crippen molar-refractivity contribution in [1.82, 2.24) is 0 Å². The van der Waals surface area contributed by atoms with Gasteiger partial charge < -0.3 is 15.2 Å². The van der Waals surface area contributed by atoms with Crippen LogP contribution in [0.3, 0.4) is 0 Å². The molecule has 0 radical (unpaired) electrons. The largest absolute Gasteiger partial charge is 0.496 e. The molecule has 0 amide bonds. The number of methoxy groups -OCH3 is 2. The number of carbonyl (C=O) groups is 1. The lowest BCUT2D eigenvalue weighted by Crippen LogP contribution is -2.41. The van der Waals surface area contributed by atoms with Gasteiger partial charge in [-0.1, -0.05) is 0 Å². The highest BCUT2D eigenvalue weighted by Gasteiger charge is 2.28. The summed E-state index contributed by atoms with van der Waals surface area (Å²) >= 11 is 0. The first-order valence-corrected chi connectivity index (χ1v) is 5.79. The summed E-state index contributed by atoms with van der Waals surface area (Å²) in [5.41, 5.74) is 7.24. The van der Waals surface area contributed by atoms with E-state index in [4.69, 9.17) is 15.2 Å². The molecule has 0 unspecified atom stereocenters. The Morgan fingerprint density at radius 1 is 1.17 bits per heavy atom. The van der Waals surface area contributed by atoms with Crippen LogP contribution in [0.5, 0.6) is 11.5 Å². The quantitative estimate of drug-likeness (QED) is 0.834. The van der Waals surface area contributed by atoms with E-state index in [1.54, 1.807) is 34.1 Å². The molecule has 1 aromatic carbocycles. The summed E-state index contributed by atoms with van der Waals surface area (Å²) in [4.78, 5) is 12.3. The molecule has 0 heterocycles. The molecule has 0 spiro atoms. The topological polar surface area (TPSA) is 61.5 Å². The molecule has 4 heteroatoms.